The summed E-state index contributed by atoms with van der Waals surface area (Å²) in [6.07, 6.45) is -0.297. The zero-order valence-corrected chi connectivity index (χ0v) is 11.5. The number of hydrogen-bond donors (Lipinski definition) is 0. The molecular weight excluding hydrogens is 299 g/mol. The monoisotopic (exact) mass is 311 g/mol. The Balaban J connectivity index is 2.10. The average Bonchev–Trinajstić information content (AvgIpc) is 2.46. The lowest BCUT2D eigenvalue weighted by Crippen LogP contribution is -2.26. The van der Waals surface area contributed by atoms with Crippen LogP contribution in [0.4, 0.5) is 13.2 Å². The number of benzene rings is 1. The molecule has 116 valence electrons. The van der Waals surface area contributed by atoms with Crippen molar-refractivity contribution in [2.75, 3.05) is 7.05 Å². The molecule has 5 nitrogen and oxygen atoms in total. The van der Waals surface area contributed by atoms with Crippen molar-refractivity contribution in [3.05, 3.63) is 54.1 Å². The van der Waals surface area contributed by atoms with Crippen molar-refractivity contribution in [3.63, 3.8) is 0 Å². The van der Waals surface area contributed by atoms with Crippen LogP contribution in [-0.4, -0.2) is 34.2 Å². The van der Waals surface area contributed by atoms with Gasteiger partial charge in [0.25, 0.3) is 5.91 Å². The number of hydrogen-bond acceptors (Lipinski definition) is 4. The van der Waals surface area contributed by atoms with E-state index in [1.807, 2.05) is 0 Å². The highest BCUT2D eigenvalue weighted by atomic mass is 19.4. The highest BCUT2D eigenvalue weighted by Gasteiger charge is 2.31. The van der Waals surface area contributed by atoms with Crippen molar-refractivity contribution < 1.29 is 22.7 Å². The first-order chi connectivity index (χ1) is 10.3. The van der Waals surface area contributed by atoms with Gasteiger partial charge in [0.05, 0.1) is 18.4 Å². The van der Waals surface area contributed by atoms with Crippen LogP contribution in [0, 0.1) is 0 Å². The third-order valence-electron chi connectivity index (χ3n) is 2.68. The minimum absolute atomic E-state index is 0.0909. The summed E-state index contributed by atoms with van der Waals surface area (Å²) < 4.78 is 40.4. The Morgan fingerprint density at radius 3 is 2.73 bits per heavy atom. The predicted molar refractivity (Wildman–Crippen MR) is 71.0 cm³/mol. The first kappa shape index (κ1) is 15.7. The lowest BCUT2D eigenvalue weighted by Gasteiger charge is -2.17. The number of alkyl halides is 3. The van der Waals surface area contributed by atoms with Crippen molar-refractivity contribution in [3.8, 4) is 5.75 Å². The SMILES string of the molecule is CN(Cc1cnccn1)C(=O)c1cccc(OC(F)(F)F)c1. The minimum Gasteiger partial charge on any atom is -0.406 e. The molecule has 0 aliphatic carbocycles. The Kier molecular flexibility index (Phi) is 4.59. The first-order valence-electron chi connectivity index (χ1n) is 6.21. The lowest BCUT2D eigenvalue weighted by atomic mass is 10.2. The van der Waals surface area contributed by atoms with Gasteiger partial charge in [-0.2, -0.15) is 0 Å². The van der Waals surface area contributed by atoms with Gasteiger partial charge in [-0.1, -0.05) is 6.07 Å². The summed E-state index contributed by atoms with van der Waals surface area (Å²) >= 11 is 0. The van der Waals surface area contributed by atoms with Crippen molar-refractivity contribution in [2.24, 2.45) is 0 Å². The summed E-state index contributed by atoms with van der Waals surface area (Å²) in [5.74, 6) is -0.885. The number of rotatable bonds is 4. The third-order valence-corrected chi connectivity index (χ3v) is 2.68. The second kappa shape index (κ2) is 6.42. The normalized spacial score (nSPS) is 11.1. The van der Waals surface area contributed by atoms with Gasteiger partial charge in [0.1, 0.15) is 5.75 Å². The fourth-order valence-electron chi connectivity index (χ4n) is 1.77. The van der Waals surface area contributed by atoms with E-state index in [0.29, 0.717) is 5.69 Å². The van der Waals surface area contributed by atoms with Crippen LogP contribution in [0.2, 0.25) is 0 Å². The molecule has 0 radical (unpaired) electrons. The topological polar surface area (TPSA) is 55.3 Å². The van der Waals surface area contributed by atoms with Crippen LogP contribution in [-0.2, 0) is 6.54 Å². The summed E-state index contributed by atoms with van der Waals surface area (Å²) in [6, 6.07) is 4.92. The number of carbonyl (C=O) groups excluding carboxylic acids is 1. The van der Waals surface area contributed by atoms with Gasteiger partial charge in [-0.05, 0) is 18.2 Å². The van der Waals surface area contributed by atoms with Crippen molar-refractivity contribution >= 4 is 5.91 Å². The van der Waals surface area contributed by atoms with Crippen LogP contribution >= 0.6 is 0 Å². The molecule has 2 rings (SSSR count). The molecule has 0 N–H and O–H groups in total. The van der Waals surface area contributed by atoms with E-state index in [1.165, 1.54) is 42.7 Å². The highest BCUT2D eigenvalue weighted by molar-refractivity contribution is 5.94. The van der Waals surface area contributed by atoms with E-state index < -0.39 is 18.0 Å². The molecule has 0 unspecified atom stereocenters. The Labute approximate surface area is 124 Å². The second-order valence-electron chi connectivity index (χ2n) is 4.43. The molecule has 0 atom stereocenters. The molecular formula is C14H12F3N3O2. The molecule has 0 saturated carbocycles. The maximum absolute atomic E-state index is 12.2. The van der Waals surface area contributed by atoms with Crippen molar-refractivity contribution in [1.29, 1.82) is 0 Å². The Morgan fingerprint density at radius 1 is 1.32 bits per heavy atom. The van der Waals surface area contributed by atoms with Crippen LogP contribution in [0.5, 0.6) is 5.75 Å². The maximum Gasteiger partial charge on any atom is 0.573 e. The first-order valence-corrected chi connectivity index (χ1v) is 6.21. The zero-order valence-electron chi connectivity index (χ0n) is 11.5. The summed E-state index contributed by atoms with van der Waals surface area (Å²) in [5.41, 5.74) is 0.661. The summed E-state index contributed by atoms with van der Waals surface area (Å²) in [5, 5.41) is 0. The molecule has 0 saturated heterocycles. The maximum atomic E-state index is 12.2. The number of amides is 1. The zero-order chi connectivity index (χ0) is 16.2. The van der Waals surface area contributed by atoms with E-state index >= 15 is 0 Å². The predicted octanol–water partition coefficient (Wildman–Crippen LogP) is 2.65. The van der Waals surface area contributed by atoms with Gasteiger partial charge in [-0.3, -0.25) is 14.8 Å². The fourth-order valence-corrected chi connectivity index (χ4v) is 1.77. The van der Waals surface area contributed by atoms with Gasteiger partial charge < -0.3 is 9.64 Å². The van der Waals surface area contributed by atoms with Gasteiger partial charge in [-0.25, -0.2) is 0 Å². The van der Waals surface area contributed by atoms with Crippen LogP contribution < -0.4 is 4.74 Å². The third kappa shape index (κ3) is 4.44. The molecule has 0 aliphatic rings. The van der Waals surface area contributed by atoms with E-state index in [1.54, 1.807) is 0 Å². The number of carbonyl (C=O) groups is 1. The molecule has 0 aliphatic heterocycles. The molecule has 0 fully saturated rings. The van der Waals surface area contributed by atoms with E-state index in [4.69, 9.17) is 0 Å². The lowest BCUT2D eigenvalue weighted by molar-refractivity contribution is -0.274. The van der Waals surface area contributed by atoms with E-state index in [-0.39, 0.29) is 12.1 Å². The summed E-state index contributed by atoms with van der Waals surface area (Å²) in [4.78, 5) is 21.4. The number of nitrogens with zero attached hydrogens (tertiary/aromatic N) is 3. The van der Waals surface area contributed by atoms with Gasteiger partial charge in [-0.15, -0.1) is 13.2 Å². The van der Waals surface area contributed by atoms with Crippen LogP contribution in [0.15, 0.2) is 42.9 Å². The molecule has 1 aromatic carbocycles. The quantitative estimate of drug-likeness (QED) is 0.871. The Morgan fingerprint density at radius 2 is 2.09 bits per heavy atom. The van der Waals surface area contributed by atoms with Crippen molar-refractivity contribution in [2.45, 2.75) is 12.9 Å². The molecule has 22 heavy (non-hydrogen) atoms. The standard InChI is InChI=1S/C14H12F3N3O2/c1-20(9-11-8-18-5-6-19-11)13(21)10-3-2-4-12(7-10)22-14(15,16)17/h2-8H,9H2,1H3. The fraction of sp³-hybridized carbons (Fsp3) is 0.214. The number of aromatic nitrogens is 2. The van der Waals surface area contributed by atoms with Gasteiger partial charge in [0.2, 0.25) is 0 Å². The summed E-state index contributed by atoms with van der Waals surface area (Å²) in [6.45, 7) is 0.191. The average molecular weight is 311 g/mol. The van der Waals surface area contributed by atoms with E-state index in [2.05, 4.69) is 14.7 Å². The number of halogens is 3. The Bertz CT molecular complexity index is 647. The second-order valence-corrected chi connectivity index (χ2v) is 4.43. The van der Waals surface area contributed by atoms with Gasteiger partial charge in [0.15, 0.2) is 0 Å². The molecule has 2 aromatic rings. The van der Waals surface area contributed by atoms with Crippen LogP contribution in [0.1, 0.15) is 16.1 Å². The molecule has 1 aromatic heterocycles. The minimum atomic E-state index is -4.80. The Hall–Kier alpha value is -2.64. The molecule has 0 bridgehead atoms. The largest absolute Gasteiger partial charge is 0.573 e. The van der Waals surface area contributed by atoms with E-state index in [0.717, 1.165) is 12.1 Å². The molecule has 1 heterocycles. The van der Waals surface area contributed by atoms with Crippen molar-refractivity contribution in [1.82, 2.24) is 14.9 Å². The van der Waals surface area contributed by atoms with Gasteiger partial charge in [0, 0.05) is 25.0 Å². The van der Waals surface area contributed by atoms with Crippen LogP contribution in [0.25, 0.3) is 0 Å². The molecule has 8 heteroatoms. The summed E-state index contributed by atoms with van der Waals surface area (Å²) in [7, 11) is 1.52. The van der Waals surface area contributed by atoms with Crippen LogP contribution in [0.3, 0.4) is 0 Å². The highest BCUT2D eigenvalue weighted by Crippen LogP contribution is 2.23. The van der Waals surface area contributed by atoms with Gasteiger partial charge >= 0.3 is 6.36 Å². The van der Waals surface area contributed by atoms with E-state index in [9.17, 15) is 18.0 Å². The molecule has 1 amide bonds. The molecule has 0 spiro atoms. The smallest absolute Gasteiger partial charge is 0.406 e. The number of ether oxygens (including phenoxy) is 1.